The van der Waals surface area contributed by atoms with Crippen LogP contribution in [-0.2, 0) is 19.0 Å². The van der Waals surface area contributed by atoms with Crippen LogP contribution in [0.15, 0.2) is 0 Å². The second-order valence-corrected chi connectivity index (χ2v) is 7.15. The molecule has 2 saturated heterocycles. The van der Waals surface area contributed by atoms with Crippen LogP contribution in [0.5, 0.6) is 0 Å². The molecule has 3 atom stereocenters. The summed E-state index contributed by atoms with van der Waals surface area (Å²) in [5.41, 5.74) is -0.423. The summed E-state index contributed by atoms with van der Waals surface area (Å²) in [5.74, 6) is -0.237. The third-order valence-corrected chi connectivity index (χ3v) is 5.57. The molecule has 0 aromatic heterocycles. The molecule has 0 bridgehead atoms. The predicted molar refractivity (Wildman–Crippen MR) is 67.1 cm³/mol. The van der Waals surface area contributed by atoms with Crippen molar-refractivity contribution in [1.29, 1.82) is 0 Å². The first-order valence-corrected chi connectivity index (χ1v) is 7.60. The SMILES string of the molecule is CC1CCCCC1OC(=O)C1(C)CCC23OC2(C1)O3. The molecule has 106 valence electrons. The highest BCUT2D eigenvalue weighted by molar-refractivity contribution is 5.77. The second kappa shape index (κ2) is 3.53. The predicted octanol–water partition coefficient (Wildman–Crippen LogP) is 2.75. The van der Waals surface area contributed by atoms with E-state index in [0.29, 0.717) is 12.3 Å². The highest BCUT2D eigenvalue weighted by atomic mass is 17.0. The molecule has 4 rings (SSSR count). The molecule has 2 heterocycles. The Morgan fingerprint density at radius 2 is 1.89 bits per heavy atom. The standard InChI is InChI=1S/C15H22O4/c1-10-5-3-4-6-11(10)17-12(16)13(2)7-8-14-15(9-13,18-14)19-14/h10-11H,3-9H2,1-2H3. The van der Waals surface area contributed by atoms with Crippen LogP contribution in [0.2, 0.25) is 0 Å². The van der Waals surface area contributed by atoms with Crippen molar-refractivity contribution in [2.24, 2.45) is 11.3 Å². The summed E-state index contributed by atoms with van der Waals surface area (Å²) in [6, 6.07) is 0. The zero-order valence-corrected chi connectivity index (χ0v) is 11.7. The Morgan fingerprint density at radius 1 is 1.16 bits per heavy atom. The summed E-state index contributed by atoms with van der Waals surface area (Å²) >= 11 is 0. The van der Waals surface area contributed by atoms with Crippen LogP contribution in [0.3, 0.4) is 0 Å². The second-order valence-electron chi connectivity index (χ2n) is 7.15. The summed E-state index contributed by atoms with van der Waals surface area (Å²) in [4.78, 5) is 12.5. The third-order valence-electron chi connectivity index (χ3n) is 5.57. The third kappa shape index (κ3) is 1.62. The van der Waals surface area contributed by atoms with Crippen molar-refractivity contribution in [2.45, 2.75) is 76.5 Å². The van der Waals surface area contributed by atoms with E-state index in [0.717, 1.165) is 19.3 Å². The molecule has 2 saturated carbocycles. The van der Waals surface area contributed by atoms with Gasteiger partial charge < -0.3 is 14.2 Å². The highest BCUT2D eigenvalue weighted by Gasteiger charge is 2.93. The monoisotopic (exact) mass is 266 g/mol. The van der Waals surface area contributed by atoms with Gasteiger partial charge in [-0.1, -0.05) is 13.3 Å². The topological polar surface area (TPSA) is 51.4 Å². The Balaban J connectivity index is 1.42. The van der Waals surface area contributed by atoms with E-state index in [2.05, 4.69) is 6.92 Å². The lowest BCUT2D eigenvalue weighted by Crippen LogP contribution is -2.39. The van der Waals surface area contributed by atoms with Crippen molar-refractivity contribution < 1.29 is 19.0 Å². The van der Waals surface area contributed by atoms with Gasteiger partial charge in [-0.2, -0.15) is 0 Å². The average Bonchev–Trinajstić information content (AvgIpc) is 3.17. The molecule has 19 heavy (non-hydrogen) atoms. The Morgan fingerprint density at radius 3 is 2.58 bits per heavy atom. The maximum absolute atomic E-state index is 12.5. The van der Waals surface area contributed by atoms with Crippen LogP contribution in [0, 0.1) is 11.3 Å². The van der Waals surface area contributed by atoms with Gasteiger partial charge in [-0.3, -0.25) is 4.79 Å². The van der Waals surface area contributed by atoms with Crippen LogP contribution in [0.25, 0.3) is 0 Å². The molecular weight excluding hydrogens is 244 g/mol. The van der Waals surface area contributed by atoms with Crippen molar-refractivity contribution >= 4 is 5.97 Å². The van der Waals surface area contributed by atoms with Crippen molar-refractivity contribution in [1.82, 2.24) is 0 Å². The van der Waals surface area contributed by atoms with E-state index < -0.39 is 11.2 Å². The Hall–Kier alpha value is -0.610. The van der Waals surface area contributed by atoms with Crippen LogP contribution < -0.4 is 0 Å². The minimum atomic E-state index is -0.423. The molecule has 3 unspecified atom stereocenters. The number of epoxide rings is 2. The maximum atomic E-state index is 12.5. The number of rotatable bonds is 2. The zero-order chi connectivity index (χ0) is 13.3. The number of ether oxygens (including phenoxy) is 3. The first kappa shape index (κ1) is 12.2. The lowest BCUT2D eigenvalue weighted by atomic mass is 9.75. The quantitative estimate of drug-likeness (QED) is 0.569. The minimum Gasteiger partial charge on any atom is -0.462 e. The smallest absolute Gasteiger partial charge is 0.312 e. The molecule has 0 radical (unpaired) electrons. The van der Waals surface area contributed by atoms with Gasteiger partial charge in [0.25, 0.3) is 0 Å². The van der Waals surface area contributed by atoms with Crippen molar-refractivity contribution in [3.63, 3.8) is 0 Å². The van der Waals surface area contributed by atoms with Crippen molar-refractivity contribution in [3.05, 3.63) is 0 Å². The lowest BCUT2D eigenvalue weighted by Gasteiger charge is -2.34. The van der Waals surface area contributed by atoms with E-state index in [1.165, 1.54) is 19.3 Å². The van der Waals surface area contributed by atoms with E-state index in [4.69, 9.17) is 14.2 Å². The minimum absolute atomic E-state index is 0.0415. The van der Waals surface area contributed by atoms with Crippen LogP contribution in [0.1, 0.15) is 58.8 Å². The van der Waals surface area contributed by atoms with Crippen LogP contribution in [0.4, 0.5) is 0 Å². The van der Waals surface area contributed by atoms with E-state index in [9.17, 15) is 4.79 Å². The summed E-state index contributed by atoms with van der Waals surface area (Å²) in [5, 5.41) is 0. The van der Waals surface area contributed by atoms with Crippen molar-refractivity contribution in [2.75, 3.05) is 0 Å². The largest absolute Gasteiger partial charge is 0.462 e. The molecule has 0 aromatic carbocycles. The Labute approximate surface area is 113 Å². The molecular formula is C15H22O4. The molecule has 0 spiro atoms. The van der Waals surface area contributed by atoms with Gasteiger partial charge >= 0.3 is 5.97 Å². The number of esters is 1. The fourth-order valence-electron chi connectivity index (χ4n) is 3.94. The van der Waals surface area contributed by atoms with Crippen LogP contribution in [-0.4, -0.2) is 23.6 Å². The van der Waals surface area contributed by atoms with Gasteiger partial charge in [0.15, 0.2) is 0 Å². The number of carbonyl (C=O) groups excluding carboxylic acids is 1. The molecule has 4 heteroatoms. The highest BCUT2D eigenvalue weighted by Crippen LogP contribution is 2.76. The molecule has 2 aliphatic heterocycles. The van der Waals surface area contributed by atoms with Gasteiger partial charge in [0.1, 0.15) is 6.10 Å². The summed E-state index contributed by atoms with van der Waals surface area (Å²) in [6.45, 7) is 4.20. The van der Waals surface area contributed by atoms with E-state index in [-0.39, 0.29) is 17.9 Å². The molecule has 4 aliphatic rings. The zero-order valence-electron chi connectivity index (χ0n) is 11.7. The molecule has 4 nitrogen and oxygen atoms in total. The van der Waals surface area contributed by atoms with Gasteiger partial charge in [-0.05, 0) is 38.5 Å². The van der Waals surface area contributed by atoms with Crippen molar-refractivity contribution in [3.8, 4) is 0 Å². The van der Waals surface area contributed by atoms with E-state index >= 15 is 0 Å². The molecule has 0 aromatic rings. The fourth-order valence-corrected chi connectivity index (χ4v) is 3.94. The summed E-state index contributed by atoms with van der Waals surface area (Å²) in [7, 11) is 0. The van der Waals surface area contributed by atoms with Gasteiger partial charge in [0.05, 0.1) is 5.41 Å². The normalized spacial score (nSPS) is 54.8. The molecule has 2 aliphatic carbocycles. The van der Waals surface area contributed by atoms with Gasteiger partial charge in [0.2, 0.25) is 11.6 Å². The molecule has 0 N–H and O–H groups in total. The molecule has 4 fully saturated rings. The van der Waals surface area contributed by atoms with Gasteiger partial charge in [0, 0.05) is 12.8 Å². The first-order valence-electron chi connectivity index (χ1n) is 7.60. The number of hydrogen-bond acceptors (Lipinski definition) is 4. The van der Waals surface area contributed by atoms with E-state index in [1.54, 1.807) is 0 Å². The summed E-state index contributed by atoms with van der Waals surface area (Å²) < 4.78 is 17.0. The van der Waals surface area contributed by atoms with Gasteiger partial charge in [-0.25, -0.2) is 0 Å². The molecule has 0 amide bonds. The Bertz CT molecular complexity index is 426. The van der Waals surface area contributed by atoms with Gasteiger partial charge in [-0.15, -0.1) is 0 Å². The van der Waals surface area contributed by atoms with E-state index in [1.807, 2.05) is 6.92 Å². The lowest BCUT2D eigenvalue weighted by molar-refractivity contribution is -0.168. The Kier molecular flexibility index (Phi) is 2.26. The first-order chi connectivity index (χ1) is 8.99. The maximum Gasteiger partial charge on any atom is 0.312 e. The van der Waals surface area contributed by atoms with Crippen LogP contribution >= 0.6 is 0 Å². The number of hydrogen-bond donors (Lipinski definition) is 0. The number of carbonyl (C=O) groups is 1. The fraction of sp³-hybridized carbons (Fsp3) is 0.933. The summed E-state index contributed by atoms with van der Waals surface area (Å²) in [6.07, 6.45) is 7.06. The average molecular weight is 266 g/mol.